The standard InChI is InChI=1S/C36H37F2N3OS/c1-3-4-21-41-32(34(29-11-7-5-8-12-29)39-35(41)30-13-9-6-10-14-30)25-40(23-27-15-18-31(43)19-16-27)24-28-17-20-33(26(2)22-28)42-36(37)38/h5-20,22,36,43H,3-4,21,23-25H2,1-2H3. The molecule has 0 amide bonds. The lowest BCUT2D eigenvalue weighted by molar-refractivity contribution is -0.0503. The molecule has 5 aromatic rings. The summed E-state index contributed by atoms with van der Waals surface area (Å²) < 4.78 is 32.9. The molecule has 0 aliphatic carbocycles. The molecule has 7 heteroatoms. The molecule has 0 saturated heterocycles. The van der Waals surface area contributed by atoms with Crippen LogP contribution in [-0.2, 0) is 26.2 Å². The minimum Gasteiger partial charge on any atom is -0.435 e. The Bertz CT molecular complexity index is 1610. The van der Waals surface area contributed by atoms with E-state index in [0.29, 0.717) is 25.2 Å². The van der Waals surface area contributed by atoms with E-state index in [9.17, 15) is 8.78 Å². The Hall–Kier alpha value is -3.94. The number of hydrogen-bond acceptors (Lipinski definition) is 4. The Labute approximate surface area is 258 Å². The highest BCUT2D eigenvalue weighted by Gasteiger charge is 2.22. The number of unbranched alkanes of at least 4 members (excludes halogenated alkanes) is 1. The van der Waals surface area contributed by atoms with Crippen LogP contribution in [0.1, 0.15) is 42.1 Å². The molecule has 4 aromatic carbocycles. The summed E-state index contributed by atoms with van der Waals surface area (Å²) in [6.07, 6.45) is 2.10. The van der Waals surface area contributed by atoms with Gasteiger partial charge < -0.3 is 9.30 Å². The van der Waals surface area contributed by atoms with Crippen LogP contribution < -0.4 is 4.74 Å². The third-order valence-corrected chi connectivity index (χ3v) is 7.76. The zero-order valence-corrected chi connectivity index (χ0v) is 25.5. The first kappa shape index (κ1) is 30.5. The molecule has 0 saturated carbocycles. The van der Waals surface area contributed by atoms with Crippen molar-refractivity contribution in [3.63, 3.8) is 0 Å². The smallest absolute Gasteiger partial charge is 0.387 e. The zero-order valence-electron chi connectivity index (χ0n) is 24.6. The van der Waals surface area contributed by atoms with Crippen LogP contribution in [0.15, 0.2) is 108 Å². The molecule has 222 valence electrons. The Kier molecular flexibility index (Phi) is 10.3. The number of nitrogens with zero attached hydrogens (tertiary/aromatic N) is 3. The SMILES string of the molecule is CCCCn1c(-c2ccccc2)nc(-c2ccccc2)c1CN(Cc1ccc(S)cc1)Cc1ccc(OC(F)F)c(C)c1. The van der Waals surface area contributed by atoms with Crippen molar-refractivity contribution < 1.29 is 13.5 Å². The summed E-state index contributed by atoms with van der Waals surface area (Å²) >= 11 is 4.47. The highest BCUT2D eigenvalue weighted by molar-refractivity contribution is 7.80. The lowest BCUT2D eigenvalue weighted by Gasteiger charge is -2.25. The Morgan fingerprint density at radius 1 is 0.814 bits per heavy atom. The molecule has 0 atom stereocenters. The number of imidazole rings is 1. The predicted molar refractivity (Wildman–Crippen MR) is 172 cm³/mol. The molecule has 0 N–H and O–H groups in total. The number of rotatable bonds is 13. The van der Waals surface area contributed by atoms with E-state index in [0.717, 1.165) is 63.7 Å². The van der Waals surface area contributed by atoms with Crippen molar-refractivity contribution in [2.45, 2.75) is 64.4 Å². The Morgan fingerprint density at radius 3 is 2.07 bits per heavy atom. The third kappa shape index (κ3) is 7.92. The van der Waals surface area contributed by atoms with Crippen molar-refractivity contribution in [3.05, 3.63) is 126 Å². The van der Waals surface area contributed by atoms with E-state index in [1.165, 1.54) is 0 Å². The predicted octanol–water partition coefficient (Wildman–Crippen LogP) is 9.42. The summed E-state index contributed by atoms with van der Waals surface area (Å²) in [5.41, 5.74) is 7.16. The van der Waals surface area contributed by atoms with Crippen molar-refractivity contribution in [3.8, 4) is 28.4 Å². The molecule has 0 aliphatic rings. The first-order valence-corrected chi connectivity index (χ1v) is 15.1. The van der Waals surface area contributed by atoms with Crippen molar-refractivity contribution in [2.75, 3.05) is 0 Å². The van der Waals surface area contributed by atoms with Crippen molar-refractivity contribution in [1.82, 2.24) is 14.5 Å². The quantitative estimate of drug-likeness (QED) is 0.137. The second-order valence-corrected chi connectivity index (χ2v) is 11.3. The monoisotopic (exact) mass is 597 g/mol. The molecule has 4 nitrogen and oxygen atoms in total. The molecule has 43 heavy (non-hydrogen) atoms. The molecule has 0 bridgehead atoms. The molecule has 0 unspecified atom stereocenters. The van der Waals surface area contributed by atoms with Gasteiger partial charge in [-0.25, -0.2) is 4.98 Å². The average molecular weight is 598 g/mol. The van der Waals surface area contributed by atoms with Crippen LogP contribution in [-0.4, -0.2) is 21.1 Å². The highest BCUT2D eigenvalue weighted by atomic mass is 32.1. The number of aromatic nitrogens is 2. The van der Waals surface area contributed by atoms with E-state index in [4.69, 9.17) is 9.72 Å². The number of halogens is 2. The number of benzene rings is 4. The summed E-state index contributed by atoms with van der Waals surface area (Å²) in [6, 6.07) is 34.4. The lowest BCUT2D eigenvalue weighted by Crippen LogP contribution is -2.24. The molecule has 0 spiro atoms. The van der Waals surface area contributed by atoms with Gasteiger partial charge >= 0.3 is 6.61 Å². The number of alkyl halides is 2. The molecule has 1 aromatic heterocycles. The van der Waals surface area contributed by atoms with Crippen LogP contribution >= 0.6 is 12.6 Å². The lowest BCUT2D eigenvalue weighted by atomic mass is 10.1. The van der Waals surface area contributed by atoms with Crippen LogP contribution in [0.2, 0.25) is 0 Å². The van der Waals surface area contributed by atoms with E-state index < -0.39 is 6.61 Å². The van der Waals surface area contributed by atoms with Gasteiger partial charge in [0.25, 0.3) is 0 Å². The summed E-state index contributed by atoms with van der Waals surface area (Å²) in [4.78, 5) is 8.57. The van der Waals surface area contributed by atoms with Crippen molar-refractivity contribution in [1.29, 1.82) is 0 Å². The van der Waals surface area contributed by atoms with E-state index in [1.54, 1.807) is 13.0 Å². The maximum absolute atomic E-state index is 12.9. The second-order valence-electron chi connectivity index (χ2n) is 10.8. The van der Waals surface area contributed by atoms with Crippen LogP contribution in [0, 0.1) is 6.92 Å². The van der Waals surface area contributed by atoms with Gasteiger partial charge in [-0.2, -0.15) is 8.78 Å². The van der Waals surface area contributed by atoms with E-state index in [1.807, 2.05) is 36.4 Å². The molecule has 0 aliphatic heterocycles. The fourth-order valence-electron chi connectivity index (χ4n) is 5.37. The van der Waals surface area contributed by atoms with Gasteiger partial charge in [-0.15, -0.1) is 12.6 Å². The molecule has 0 radical (unpaired) electrons. The minimum absolute atomic E-state index is 0.200. The number of thiol groups is 1. The van der Waals surface area contributed by atoms with Gasteiger partial charge in [0, 0.05) is 42.2 Å². The maximum atomic E-state index is 12.9. The van der Waals surface area contributed by atoms with Gasteiger partial charge in [0.15, 0.2) is 0 Å². The fourth-order valence-corrected chi connectivity index (χ4v) is 5.52. The minimum atomic E-state index is -2.85. The average Bonchev–Trinajstić information content (AvgIpc) is 3.37. The van der Waals surface area contributed by atoms with Crippen molar-refractivity contribution >= 4 is 12.6 Å². The van der Waals surface area contributed by atoms with Crippen LogP contribution in [0.4, 0.5) is 8.78 Å². The number of aryl methyl sites for hydroxylation is 1. The van der Waals surface area contributed by atoms with Crippen LogP contribution in [0.3, 0.4) is 0 Å². The van der Waals surface area contributed by atoms with E-state index in [-0.39, 0.29) is 5.75 Å². The fraction of sp³-hybridized carbons (Fsp3) is 0.250. The summed E-state index contributed by atoms with van der Waals surface area (Å²) in [6.45, 7) is 3.97. The van der Waals surface area contributed by atoms with Gasteiger partial charge in [-0.1, -0.05) is 98.3 Å². The third-order valence-electron chi connectivity index (χ3n) is 7.46. The first-order chi connectivity index (χ1) is 20.9. The summed E-state index contributed by atoms with van der Waals surface area (Å²) in [7, 11) is 0. The van der Waals surface area contributed by atoms with Crippen molar-refractivity contribution in [2.24, 2.45) is 0 Å². The van der Waals surface area contributed by atoms with Gasteiger partial charge in [-0.05, 0) is 48.2 Å². The van der Waals surface area contributed by atoms with E-state index in [2.05, 4.69) is 89.7 Å². The maximum Gasteiger partial charge on any atom is 0.387 e. The highest BCUT2D eigenvalue weighted by Crippen LogP contribution is 2.32. The van der Waals surface area contributed by atoms with E-state index >= 15 is 0 Å². The van der Waals surface area contributed by atoms with Crippen LogP contribution in [0.5, 0.6) is 5.75 Å². The molecular formula is C36H37F2N3OS. The first-order valence-electron chi connectivity index (χ1n) is 14.7. The second kappa shape index (κ2) is 14.5. The Balaban J connectivity index is 1.58. The van der Waals surface area contributed by atoms with Gasteiger partial charge in [-0.3, -0.25) is 4.90 Å². The molecule has 5 rings (SSSR count). The molecule has 0 fully saturated rings. The van der Waals surface area contributed by atoms with Gasteiger partial charge in [0.1, 0.15) is 11.6 Å². The number of ether oxygens (including phenoxy) is 1. The summed E-state index contributed by atoms with van der Waals surface area (Å²) in [5, 5.41) is 0. The van der Waals surface area contributed by atoms with Gasteiger partial charge in [0.2, 0.25) is 0 Å². The number of hydrogen-bond donors (Lipinski definition) is 1. The molecule has 1 heterocycles. The summed E-state index contributed by atoms with van der Waals surface area (Å²) in [5.74, 6) is 1.16. The van der Waals surface area contributed by atoms with Crippen LogP contribution in [0.25, 0.3) is 22.6 Å². The normalized spacial score (nSPS) is 11.4. The zero-order chi connectivity index (χ0) is 30.2. The van der Waals surface area contributed by atoms with Gasteiger partial charge in [0.05, 0.1) is 11.4 Å². The molecular weight excluding hydrogens is 560 g/mol. The largest absolute Gasteiger partial charge is 0.435 e. The Morgan fingerprint density at radius 2 is 1.44 bits per heavy atom. The topological polar surface area (TPSA) is 30.3 Å².